The van der Waals surface area contributed by atoms with Gasteiger partial charge in [0.15, 0.2) is 0 Å². The van der Waals surface area contributed by atoms with Crippen LogP contribution in [0.15, 0.2) is 42.7 Å². The summed E-state index contributed by atoms with van der Waals surface area (Å²) in [5.41, 5.74) is 1.22. The first-order chi connectivity index (χ1) is 9.65. The van der Waals surface area contributed by atoms with Crippen molar-refractivity contribution in [3.05, 3.63) is 54.1 Å². The minimum absolute atomic E-state index is 0.0780. The molecule has 2 rings (SSSR count). The van der Waals surface area contributed by atoms with E-state index in [0.717, 1.165) is 12.4 Å². The first-order valence-corrected chi connectivity index (χ1v) is 6.96. The average Bonchev–Trinajstić information content (AvgIpc) is 2.84. The Hall–Kier alpha value is -2.10. The van der Waals surface area contributed by atoms with E-state index in [-0.39, 0.29) is 5.91 Å². The van der Waals surface area contributed by atoms with Crippen LogP contribution in [0.4, 0.5) is 0 Å². The van der Waals surface area contributed by atoms with Gasteiger partial charge in [-0.3, -0.25) is 4.79 Å². The van der Waals surface area contributed by atoms with Crippen molar-refractivity contribution >= 4 is 5.91 Å². The third kappa shape index (κ3) is 4.23. The van der Waals surface area contributed by atoms with E-state index in [4.69, 9.17) is 0 Å². The molecule has 0 spiro atoms. The molecule has 0 aliphatic carbocycles. The van der Waals surface area contributed by atoms with Crippen LogP contribution in [-0.2, 0) is 17.9 Å². The zero-order chi connectivity index (χ0) is 14.4. The Morgan fingerprint density at radius 3 is 2.75 bits per heavy atom. The summed E-state index contributed by atoms with van der Waals surface area (Å²) in [5, 5.41) is 2.92. The number of rotatable bonds is 6. The number of nitrogens with zero attached hydrogens (tertiary/aromatic N) is 2. The van der Waals surface area contributed by atoms with E-state index < -0.39 is 0 Å². The van der Waals surface area contributed by atoms with E-state index in [2.05, 4.69) is 27.0 Å². The standard InChI is InChI=1S/C16H21N3O/c1-13(2)10-16(20)18-11-15-17-8-9-19(15)12-14-6-4-3-5-7-14/h3-9,13H,10-12H2,1-2H3,(H,18,20). The molecule has 4 nitrogen and oxygen atoms in total. The molecule has 1 amide bonds. The van der Waals surface area contributed by atoms with Gasteiger partial charge in [-0.2, -0.15) is 0 Å². The molecule has 0 saturated heterocycles. The molecule has 0 aliphatic rings. The molecular weight excluding hydrogens is 250 g/mol. The summed E-state index contributed by atoms with van der Waals surface area (Å²) in [4.78, 5) is 16.0. The third-order valence-corrected chi connectivity index (χ3v) is 3.03. The van der Waals surface area contributed by atoms with Gasteiger partial charge in [0.2, 0.25) is 5.91 Å². The molecule has 1 aromatic carbocycles. The molecule has 0 bridgehead atoms. The summed E-state index contributed by atoms with van der Waals surface area (Å²) in [6, 6.07) is 10.2. The van der Waals surface area contributed by atoms with E-state index in [1.165, 1.54) is 5.56 Å². The Labute approximate surface area is 119 Å². The lowest BCUT2D eigenvalue weighted by Gasteiger charge is -2.10. The van der Waals surface area contributed by atoms with Crippen molar-refractivity contribution < 1.29 is 4.79 Å². The molecule has 2 aromatic rings. The molecule has 0 unspecified atom stereocenters. The fourth-order valence-electron chi connectivity index (χ4n) is 2.05. The van der Waals surface area contributed by atoms with Crippen LogP contribution >= 0.6 is 0 Å². The second-order valence-electron chi connectivity index (χ2n) is 5.33. The van der Waals surface area contributed by atoms with Crippen LogP contribution in [0.2, 0.25) is 0 Å². The molecule has 0 saturated carbocycles. The van der Waals surface area contributed by atoms with Gasteiger partial charge in [-0.1, -0.05) is 44.2 Å². The van der Waals surface area contributed by atoms with Gasteiger partial charge in [0.05, 0.1) is 6.54 Å². The maximum Gasteiger partial charge on any atom is 0.220 e. The molecule has 0 fully saturated rings. The van der Waals surface area contributed by atoms with Crippen molar-refractivity contribution in [2.24, 2.45) is 5.92 Å². The fourth-order valence-corrected chi connectivity index (χ4v) is 2.05. The Morgan fingerprint density at radius 1 is 1.30 bits per heavy atom. The minimum Gasteiger partial charge on any atom is -0.349 e. The molecule has 1 N–H and O–H groups in total. The lowest BCUT2D eigenvalue weighted by Crippen LogP contribution is -2.25. The number of hydrogen-bond donors (Lipinski definition) is 1. The number of aromatic nitrogens is 2. The first kappa shape index (κ1) is 14.3. The Kier molecular flexibility index (Phi) is 4.93. The fraction of sp³-hybridized carbons (Fsp3) is 0.375. The smallest absolute Gasteiger partial charge is 0.220 e. The van der Waals surface area contributed by atoms with E-state index in [9.17, 15) is 4.79 Å². The van der Waals surface area contributed by atoms with Crippen LogP contribution in [-0.4, -0.2) is 15.5 Å². The summed E-state index contributed by atoms with van der Waals surface area (Å²) in [5.74, 6) is 1.33. The molecule has 1 heterocycles. The Bertz CT molecular complexity index is 546. The number of imidazole rings is 1. The largest absolute Gasteiger partial charge is 0.349 e. The topological polar surface area (TPSA) is 46.9 Å². The monoisotopic (exact) mass is 271 g/mol. The minimum atomic E-state index is 0.0780. The van der Waals surface area contributed by atoms with Gasteiger partial charge < -0.3 is 9.88 Å². The highest BCUT2D eigenvalue weighted by Crippen LogP contribution is 2.06. The highest BCUT2D eigenvalue weighted by molar-refractivity contribution is 5.75. The molecule has 0 radical (unpaired) electrons. The quantitative estimate of drug-likeness (QED) is 0.878. The zero-order valence-corrected chi connectivity index (χ0v) is 12.0. The van der Waals surface area contributed by atoms with E-state index in [1.807, 2.05) is 38.2 Å². The van der Waals surface area contributed by atoms with Crippen LogP contribution in [0, 0.1) is 5.92 Å². The molecule has 20 heavy (non-hydrogen) atoms. The molecular formula is C16H21N3O. The predicted molar refractivity (Wildman–Crippen MR) is 79.1 cm³/mol. The van der Waals surface area contributed by atoms with Gasteiger partial charge in [0.1, 0.15) is 5.82 Å². The van der Waals surface area contributed by atoms with Crippen LogP contribution < -0.4 is 5.32 Å². The van der Waals surface area contributed by atoms with Gasteiger partial charge in [-0.25, -0.2) is 4.98 Å². The summed E-state index contributed by atoms with van der Waals surface area (Å²) >= 11 is 0. The second kappa shape index (κ2) is 6.89. The molecule has 0 aliphatic heterocycles. The maximum absolute atomic E-state index is 11.7. The summed E-state index contributed by atoms with van der Waals surface area (Å²) in [6.07, 6.45) is 4.27. The van der Waals surface area contributed by atoms with Crippen LogP contribution in [0.3, 0.4) is 0 Å². The van der Waals surface area contributed by atoms with Crippen LogP contribution in [0.5, 0.6) is 0 Å². The van der Waals surface area contributed by atoms with Gasteiger partial charge >= 0.3 is 0 Å². The van der Waals surface area contributed by atoms with Crippen molar-refractivity contribution in [3.63, 3.8) is 0 Å². The molecule has 1 aromatic heterocycles. The molecule has 0 atom stereocenters. The van der Waals surface area contributed by atoms with Gasteiger partial charge in [-0.05, 0) is 11.5 Å². The highest BCUT2D eigenvalue weighted by atomic mass is 16.1. The SMILES string of the molecule is CC(C)CC(=O)NCc1nccn1Cc1ccccc1. The van der Waals surface area contributed by atoms with Crippen molar-refractivity contribution in [1.29, 1.82) is 0 Å². The van der Waals surface area contributed by atoms with Gasteiger partial charge in [0, 0.05) is 25.4 Å². The third-order valence-electron chi connectivity index (χ3n) is 3.03. The average molecular weight is 271 g/mol. The number of benzene rings is 1. The van der Waals surface area contributed by atoms with Gasteiger partial charge in [-0.15, -0.1) is 0 Å². The van der Waals surface area contributed by atoms with Crippen molar-refractivity contribution in [2.45, 2.75) is 33.4 Å². The van der Waals surface area contributed by atoms with Crippen molar-refractivity contribution in [2.75, 3.05) is 0 Å². The number of carbonyl (C=O) groups excluding carboxylic acids is 1. The van der Waals surface area contributed by atoms with Crippen molar-refractivity contribution in [1.82, 2.24) is 14.9 Å². The van der Waals surface area contributed by atoms with Crippen LogP contribution in [0.25, 0.3) is 0 Å². The number of nitrogens with one attached hydrogen (secondary N) is 1. The van der Waals surface area contributed by atoms with Gasteiger partial charge in [0.25, 0.3) is 0 Å². The van der Waals surface area contributed by atoms with E-state index in [0.29, 0.717) is 18.9 Å². The second-order valence-corrected chi connectivity index (χ2v) is 5.33. The zero-order valence-electron chi connectivity index (χ0n) is 12.0. The Balaban J connectivity index is 1.94. The predicted octanol–water partition coefficient (Wildman–Crippen LogP) is 2.59. The molecule has 4 heteroatoms. The highest BCUT2D eigenvalue weighted by Gasteiger charge is 2.07. The number of carbonyl (C=O) groups is 1. The number of amides is 1. The van der Waals surface area contributed by atoms with Crippen molar-refractivity contribution in [3.8, 4) is 0 Å². The van der Waals surface area contributed by atoms with E-state index >= 15 is 0 Å². The lowest BCUT2D eigenvalue weighted by molar-refractivity contribution is -0.122. The normalized spacial score (nSPS) is 10.8. The van der Waals surface area contributed by atoms with Crippen LogP contribution in [0.1, 0.15) is 31.7 Å². The molecule has 106 valence electrons. The number of hydrogen-bond acceptors (Lipinski definition) is 2. The van der Waals surface area contributed by atoms with E-state index in [1.54, 1.807) is 6.20 Å². The summed E-state index contributed by atoms with van der Waals surface area (Å²) in [6.45, 7) is 5.33. The maximum atomic E-state index is 11.7. The lowest BCUT2D eigenvalue weighted by atomic mass is 10.1. The summed E-state index contributed by atoms with van der Waals surface area (Å²) in [7, 11) is 0. The summed E-state index contributed by atoms with van der Waals surface area (Å²) < 4.78 is 2.06. The first-order valence-electron chi connectivity index (χ1n) is 6.96. The Morgan fingerprint density at radius 2 is 2.05 bits per heavy atom.